The zero-order chi connectivity index (χ0) is 18.4. The van der Waals surface area contributed by atoms with E-state index < -0.39 is 6.04 Å². The lowest BCUT2D eigenvalue weighted by Crippen LogP contribution is -2.39. The van der Waals surface area contributed by atoms with Crippen LogP contribution in [0.2, 0.25) is 0 Å². The predicted octanol–water partition coefficient (Wildman–Crippen LogP) is 3.03. The van der Waals surface area contributed by atoms with Gasteiger partial charge in [-0.05, 0) is 24.1 Å². The van der Waals surface area contributed by atoms with E-state index in [0.717, 1.165) is 11.1 Å². The molecule has 132 valence electrons. The van der Waals surface area contributed by atoms with Crippen molar-refractivity contribution in [1.29, 1.82) is 0 Å². The van der Waals surface area contributed by atoms with Gasteiger partial charge in [0, 0.05) is 25.4 Å². The molecule has 3 aromatic rings. The molecule has 0 spiro atoms. The van der Waals surface area contributed by atoms with Gasteiger partial charge in [0.1, 0.15) is 6.04 Å². The summed E-state index contributed by atoms with van der Waals surface area (Å²) in [5.74, 6) is -0.140. The highest BCUT2D eigenvalue weighted by Gasteiger charge is 2.23. The van der Waals surface area contributed by atoms with E-state index in [1.54, 1.807) is 17.9 Å². The minimum Gasteiger partial charge on any atom is -0.332 e. The van der Waals surface area contributed by atoms with Crippen LogP contribution in [-0.4, -0.2) is 20.6 Å². The van der Waals surface area contributed by atoms with Crippen LogP contribution in [0.15, 0.2) is 83.8 Å². The molecule has 1 amide bonds. The Morgan fingerprint density at radius 1 is 0.923 bits per heavy atom. The van der Waals surface area contributed by atoms with Gasteiger partial charge in [0.25, 0.3) is 5.56 Å². The van der Waals surface area contributed by atoms with Crippen LogP contribution in [0.1, 0.15) is 24.1 Å². The fourth-order valence-corrected chi connectivity index (χ4v) is 2.85. The van der Waals surface area contributed by atoms with Crippen molar-refractivity contribution >= 4 is 5.91 Å². The van der Waals surface area contributed by atoms with E-state index in [-0.39, 0.29) is 11.5 Å². The zero-order valence-corrected chi connectivity index (χ0v) is 14.7. The third-order valence-electron chi connectivity index (χ3n) is 4.21. The molecule has 0 N–H and O–H groups in total. The van der Waals surface area contributed by atoms with Crippen molar-refractivity contribution in [1.82, 2.24) is 14.7 Å². The highest BCUT2D eigenvalue weighted by Crippen LogP contribution is 2.15. The molecule has 1 aromatic heterocycles. The average Bonchev–Trinajstić information content (AvgIpc) is 2.68. The van der Waals surface area contributed by atoms with Crippen LogP contribution in [0.3, 0.4) is 0 Å². The molecule has 0 aliphatic rings. The highest BCUT2D eigenvalue weighted by atomic mass is 16.2. The number of carbonyl (C=O) groups is 1. The molecule has 1 unspecified atom stereocenters. The lowest BCUT2D eigenvalue weighted by molar-refractivity contribution is -0.136. The molecule has 0 saturated heterocycles. The number of hydrogen-bond acceptors (Lipinski definition) is 3. The second kappa shape index (κ2) is 8.25. The molecule has 5 nitrogen and oxygen atoms in total. The standard InChI is InChI=1S/C21H21N3O2/c1-17(24-20(25)13-8-14-22-24)21(26)23(15-18-9-4-2-5-10-18)16-19-11-6-3-7-12-19/h2-14,17H,15-16H2,1H3. The number of amides is 1. The summed E-state index contributed by atoms with van der Waals surface area (Å²) in [7, 11) is 0. The van der Waals surface area contributed by atoms with E-state index in [2.05, 4.69) is 5.10 Å². The summed E-state index contributed by atoms with van der Waals surface area (Å²) in [5.41, 5.74) is 1.79. The molecule has 3 rings (SSSR count). The molecule has 0 saturated carbocycles. The van der Waals surface area contributed by atoms with Gasteiger partial charge in [-0.2, -0.15) is 5.10 Å². The van der Waals surface area contributed by atoms with Gasteiger partial charge in [-0.1, -0.05) is 60.7 Å². The quantitative estimate of drug-likeness (QED) is 0.689. The minimum atomic E-state index is -0.670. The van der Waals surface area contributed by atoms with Gasteiger partial charge >= 0.3 is 0 Å². The Balaban J connectivity index is 1.87. The highest BCUT2D eigenvalue weighted by molar-refractivity contribution is 5.80. The first-order valence-electron chi connectivity index (χ1n) is 8.55. The molecule has 0 bridgehead atoms. The molecule has 26 heavy (non-hydrogen) atoms. The molecule has 0 radical (unpaired) electrons. The summed E-state index contributed by atoms with van der Waals surface area (Å²) in [5, 5.41) is 4.05. The lowest BCUT2D eigenvalue weighted by atomic mass is 10.1. The summed E-state index contributed by atoms with van der Waals surface area (Å²) in [4.78, 5) is 26.9. The molecule has 0 fully saturated rings. The fraction of sp³-hybridized carbons (Fsp3) is 0.190. The van der Waals surface area contributed by atoms with Gasteiger partial charge in [-0.3, -0.25) is 9.59 Å². The SMILES string of the molecule is CC(C(=O)N(Cc1ccccc1)Cc1ccccc1)n1ncccc1=O. The maximum Gasteiger partial charge on any atom is 0.267 e. The van der Waals surface area contributed by atoms with Crippen LogP contribution in [0, 0.1) is 0 Å². The van der Waals surface area contributed by atoms with E-state index in [4.69, 9.17) is 0 Å². The summed E-state index contributed by atoms with van der Waals surface area (Å²) >= 11 is 0. The Morgan fingerprint density at radius 2 is 1.46 bits per heavy atom. The summed E-state index contributed by atoms with van der Waals surface area (Å²) in [6, 6.07) is 22.0. The van der Waals surface area contributed by atoms with Crippen LogP contribution in [0.5, 0.6) is 0 Å². The van der Waals surface area contributed by atoms with E-state index >= 15 is 0 Å². The molecule has 2 aromatic carbocycles. The molecule has 0 aliphatic carbocycles. The van der Waals surface area contributed by atoms with Crippen molar-refractivity contribution in [3.63, 3.8) is 0 Å². The average molecular weight is 347 g/mol. The molecule has 1 heterocycles. The molecule has 5 heteroatoms. The van der Waals surface area contributed by atoms with Crippen LogP contribution in [0.25, 0.3) is 0 Å². The fourth-order valence-electron chi connectivity index (χ4n) is 2.85. The van der Waals surface area contributed by atoms with Crippen LogP contribution in [-0.2, 0) is 17.9 Å². The Hall–Kier alpha value is -3.21. The Labute approximate surface area is 152 Å². The molecular formula is C21H21N3O2. The van der Waals surface area contributed by atoms with Gasteiger partial charge in [0.15, 0.2) is 0 Å². The van der Waals surface area contributed by atoms with Crippen LogP contribution in [0.4, 0.5) is 0 Å². The largest absolute Gasteiger partial charge is 0.332 e. The van der Waals surface area contributed by atoms with Crippen molar-refractivity contribution in [2.24, 2.45) is 0 Å². The van der Waals surface area contributed by atoms with Crippen molar-refractivity contribution in [3.8, 4) is 0 Å². The van der Waals surface area contributed by atoms with Gasteiger partial charge < -0.3 is 4.90 Å². The van der Waals surface area contributed by atoms with Crippen molar-refractivity contribution in [2.45, 2.75) is 26.1 Å². The number of benzene rings is 2. The maximum atomic E-state index is 13.1. The van der Waals surface area contributed by atoms with Gasteiger partial charge in [0.05, 0.1) is 0 Å². The second-order valence-electron chi connectivity index (χ2n) is 6.15. The first-order valence-corrected chi connectivity index (χ1v) is 8.55. The normalized spacial score (nSPS) is 11.7. The summed E-state index contributed by atoms with van der Waals surface area (Å²) < 4.78 is 1.23. The second-order valence-corrected chi connectivity index (χ2v) is 6.15. The molecule has 0 aliphatic heterocycles. The number of aromatic nitrogens is 2. The Kier molecular flexibility index (Phi) is 5.59. The third-order valence-corrected chi connectivity index (χ3v) is 4.21. The minimum absolute atomic E-state index is 0.140. The number of carbonyl (C=O) groups excluding carboxylic acids is 1. The van der Waals surface area contributed by atoms with E-state index in [0.29, 0.717) is 13.1 Å². The topological polar surface area (TPSA) is 55.2 Å². The van der Waals surface area contributed by atoms with E-state index in [1.807, 2.05) is 60.7 Å². The summed E-state index contributed by atoms with van der Waals surface area (Å²) in [6.45, 7) is 2.65. The number of nitrogens with zero attached hydrogens (tertiary/aromatic N) is 3. The third kappa shape index (κ3) is 4.25. The first-order chi connectivity index (χ1) is 12.6. The van der Waals surface area contributed by atoms with Crippen molar-refractivity contribution < 1.29 is 4.79 Å². The molecule has 1 atom stereocenters. The monoisotopic (exact) mass is 347 g/mol. The van der Waals surface area contributed by atoms with Gasteiger partial charge in [0.2, 0.25) is 5.91 Å². The zero-order valence-electron chi connectivity index (χ0n) is 14.7. The smallest absolute Gasteiger partial charge is 0.267 e. The van der Waals surface area contributed by atoms with Crippen molar-refractivity contribution in [3.05, 3.63) is 100 Å². The van der Waals surface area contributed by atoms with Crippen LogP contribution < -0.4 is 5.56 Å². The summed E-state index contributed by atoms with van der Waals surface area (Å²) in [6.07, 6.45) is 1.52. The Bertz CT molecular complexity index is 866. The van der Waals surface area contributed by atoms with Crippen molar-refractivity contribution in [2.75, 3.05) is 0 Å². The first kappa shape index (κ1) is 17.6. The van der Waals surface area contributed by atoms with Crippen LogP contribution >= 0.6 is 0 Å². The van der Waals surface area contributed by atoms with Gasteiger partial charge in [-0.15, -0.1) is 0 Å². The number of rotatable bonds is 6. The lowest BCUT2D eigenvalue weighted by Gasteiger charge is -2.26. The predicted molar refractivity (Wildman–Crippen MR) is 100 cm³/mol. The maximum absolute atomic E-state index is 13.1. The Morgan fingerprint density at radius 3 is 1.96 bits per heavy atom. The van der Waals surface area contributed by atoms with E-state index in [1.165, 1.54) is 16.9 Å². The molecular weight excluding hydrogens is 326 g/mol. The van der Waals surface area contributed by atoms with E-state index in [9.17, 15) is 9.59 Å². The van der Waals surface area contributed by atoms with Gasteiger partial charge in [-0.25, -0.2) is 4.68 Å². The number of hydrogen-bond donors (Lipinski definition) is 0.